The largest absolute Gasteiger partial charge is 0.490 e. The summed E-state index contributed by atoms with van der Waals surface area (Å²) < 4.78 is 94.4. The molecule has 0 saturated heterocycles. The Bertz CT molecular complexity index is 978. The van der Waals surface area contributed by atoms with Crippen LogP contribution in [0.1, 0.15) is 43.0 Å². The molecule has 2 aromatic rings. The second-order valence-electron chi connectivity index (χ2n) is 7.54. The van der Waals surface area contributed by atoms with Crippen LogP contribution in [0.4, 0.5) is 26.3 Å². The minimum atomic E-state index is -4.91. The number of alkyl halides is 6. The third-order valence-electron chi connectivity index (χ3n) is 4.94. The first-order valence-electron chi connectivity index (χ1n) is 10.8. The lowest BCUT2D eigenvalue weighted by Crippen LogP contribution is -2.28. The molecule has 4 nitrogen and oxygen atoms in total. The second kappa shape index (κ2) is 12.1. The van der Waals surface area contributed by atoms with E-state index in [1.807, 2.05) is 0 Å². The monoisotopic (exact) mass is 504 g/mol. The number of rotatable bonds is 10. The molecule has 0 aliphatic heterocycles. The van der Waals surface area contributed by atoms with Gasteiger partial charge in [-0.05, 0) is 73.9 Å². The van der Waals surface area contributed by atoms with Gasteiger partial charge < -0.3 is 14.2 Å². The summed E-state index contributed by atoms with van der Waals surface area (Å²) >= 11 is 0. The molecule has 10 heteroatoms. The van der Waals surface area contributed by atoms with Gasteiger partial charge in [-0.3, -0.25) is 0 Å². The highest BCUT2D eigenvalue weighted by atomic mass is 19.4. The van der Waals surface area contributed by atoms with E-state index in [2.05, 4.69) is 0 Å². The van der Waals surface area contributed by atoms with Crippen molar-refractivity contribution in [3.05, 3.63) is 70.8 Å². The number of allylic oxidation sites excluding steroid dienone is 1. The molecule has 0 spiro atoms. The summed E-state index contributed by atoms with van der Waals surface area (Å²) in [6.07, 6.45) is -8.88. The van der Waals surface area contributed by atoms with E-state index in [1.165, 1.54) is 13.0 Å². The minimum absolute atomic E-state index is 0.0762. The number of hydrogen-bond donors (Lipinski definition) is 0. The lowest BCUT2D eigenvalue weighted by Gasteiger charge is -2.16. The molecule has 0 saturated carbocycles. The van der Waals surface area contributed by atoms with E-state index in [4.69, 9.17) is 14.2 Å². The number of hydrogen-bond acceptors (Lipinski definition) is 4. The van der Waals surface area contributed by atoms with E-state index in [9.17, 15) is 31.1 Å². The molecule has 0 aliphatic carbocycles. The summed E-state index contributed by atoms with van der Waals surface area (Å²) in [6.45, 7) is 5.37. The fraction of sp³-hybridized carbons (Fsp3) is 0.400. The molecule has 1 atom stereocenters. The number of carbonyl (C=O) groups excluding carboxylic acids is 1. The van der Waals surface area contributed by atoms with Crippen LogP contribution in [-0.2, 0) is 33.0 Å². The molecule has 0 bridgehead atoms. The van der Waals surface area contributed by atoms with Gasteiger partial charge in [0.05, 0.1) is 17.7 Å². The van der Waals surface area contributed by atoms with Gasteiger partial charge in [-0.15, -0.1) is 0 Å². The molecule has 0 aromatic heterocycles. The van der Waals surface area contributed by atoms with Crippen LogP contribution in [0.2, 0.25) is 0 Å². The van der Waals surface area contributed by atoms with Crippen molar-refractivity contribution in [2.24, 2.45) is 0 Å². The van der Waals surface area contributed by atoms with Crippen molar-refractivity contribution in [2.45, 2.75) is 45.6 Å². The molecular formula is C25H26F6O4. The number of benzene rings is 2. The van der Waals surface area contributed by atoms with Crippen LogP contribution in [0.15, 0.2) is 48.5 Å². The van der Waals surface area contributed by atoms with E-state index in [-0.39, 0.29) is 30.4 Å². The van der Waals surface area contributed by atoms with Crippen LogP contribution in [-0.4, -0.2) is 31.9 Å². The molecule has 0 aliphatic rings. The van der Waals surface area contributed by atoms with Crippen LogP contribution in [0.5, 0.6) is 5.75 Å². The topological polar surface area (TPSA) is 44.8 Å². The predicted octanol–water partition coefficient (Wildman–Crippen LogP) is 6.72. The number of halogens is 6. The summed E-state index contributed by atoms with van der Waals surface area (Å²) in [5.41, 5.74) is -1.96. The average molecular weight is 504 g/mol. The molecule has 0 heterocycles. The quantitative estimate of drug-likeness (QED) is 0.266. The number of ether oxygens (including phenoxy) is 3. The van der Waals surface area contributed by atoms with Gasteiger partial charge in [0.1, 0.15) is 12.4 Å². The van der Waals surface area contributed by atoms with E-state index >= 15 is 0 Å². The van der Waals surface area contributed by atoms with Crippen molar-refractivity contribution in [1.29, 1.82) is 0 Å². The van der Waals surface area contributed by atoms with E-state index in [0.29, 0.717) is 30.9 Å². The van der Waals surface area contributed by atoms with Crippen molar-refractivity contribution in [1.82, 2.24) is 0 Å². The molecule has 0 N–H and O–H groups in total. The Hall–Kier alpha value is -3.01. The first-order chi connectivity index (χ1) is 16.3. The maximum absolute atomic E-state index is 13.1. The van der Waals surface area contributed by atoms with Gasteiger partial charge in [0.25, 0.3) is 0 Å². The second-order valence-corrected chi connectivity index (χ2v) is 7.54. The Labute approximate surface area is 199 Å². The summed E-state index contributed by atoms with van der Waals surface area (Å²) in [7, 11) is 0. The fourth-order valence-electron chi connectivity index (χ4n) is 3.15. The Morgan fingerprint density at radius 3 is 1.97 bits per heavy atom. The van der Waals surface area contributed by atoms with Gasteiger partial charge in [0.2, 0.25) is 0 Å². The lowest BCUT2D eigenvalue weighted by molar-refractivity contribution is -0.156. The third-order valence-corrected chi connectivity index (χ3v) is 4.94. The first kappa shape index (κ1) is 28.2. The average Bonchev–Trinajstić information content (AvgIpc) is 2.78. The Morgan fingerprint density at radius 1 is 0.914 bits per heavy atom. The molecule has 35 heavy (non-hydrogen) atoms. The highest BCUT2D eigenvalue weighted by Crippen LogP contribution is 2.37. The van der Waals surface area contributed by atoms with Crippen molar-refractivity contribution < 1.29 is 45.3 Å². The van der Waals surface area contributed by atoms with Gasteiger partial charge in [-0.1, -0.05) is 12.1 Å². The maximum Gasteiger partial charge on any atom is 0.416 e. The summed E-state index contributed by atoms with van der Waals surface area (Å²) in [4.78, 5) is 12.0. The third kappa shape index (κ3) is 8.61. The van der Waals surface area contributed by atoms with Crippen LogP contribution >= 0.6 is 0 Å². The Balaban J connectivity index is 2.09. The number of esters is 1. The van der Waals surface area contributed by atoms with E-state index in [1.54, 1.807) is 38.1 Å². The van der Waals surface area contributed by atoms with E-state index < -0.39 is 35.6 Å². The molecule has 0 unspecified atom stereocenters. The molecule has 0 fully saturated rings. The highest BCUT2D eigenvalue weighted by Gasteiger charge is 2.37. The van der Waals surface area contributed by atoms with Gasteiger partial charge in [-0.2, -0.15) is 26.3 Å². The van der Waals surface area contributed by atoms with E-state index in [0.717, 1.165) is 5.56 Å². The molecule has 0 amide bonds. The van der Waals surface area contributed by atoms with Crippen molar-refractivity contribution in [3.63, 3.8) is 0 Å². The summed E-state index contributed by atoms with van der Waals surface area (Å²) in [5.74, 6) is -0.0273. The molecule has 0 radical (unpaired) electrons. The van der Waals surface area contributed by atoms with Gasteiger partial charge in [0, 0.05) is 13.0 Å². The van der Waals surface area contributed by atoms with Crippen molar-refractivity contribution >= 4 is 11.5 Å². The molecule has 2 aromatic carbocycles. The smallest absolute Gasteiger partial charge is 0.416 e. The Kier molecular flexibility index (Phi) is 9.76. The molecular weight excluding hydrogens is 478 g/mol. The highest BCUT2D eigenvalue weighted by molar-refractivity contribution is 5.75. The molecule has 192 valence electrons. The van der Waals surface area contributed by atoms with Gasteiger partial charge in [-0.25, -0.2) is 4.79 Å². The molecule has 2 rings (SSSR count). The van der Waals surface area contributed by atoms with Crippen LogP contribution in [0.3, 0.4) is 0 Å². The van der Waals surface area contributed by atoms with Crippen LogP contribution in [0, 0.1) is 0 Å². The van der Waals surface area contributed by atoms with Crippen LogP contribution in [0.25, 0.3) is 5.57 Å². The zero-order chi connectivity index (χ0) is 26.2. The van der Waals surface area contributed by atoms with Gasteiger partial charge >= 0.3 is 18.3 Å². The Morgan fingerprint density at radius 2 is 1.49 bits per heavy atom. The van der Waals surface area contributed by atoms with Crippen molar-refractivity contribution in [2.75, 3.05) is 19.8 Å². The fourth-order valence-corrected chi connectivity index (χ4v) is 3.15. The predicted molar refractivity (Wildman–Crippen MR) is 118 cm³/mol. The summed E-state index contributed by atoms with van der Waals surface area (Å²) in [5, 5.41) is 0. The van der Waals surface area contributed by atoms with Gasteiger partial charge in [0.15, 0.2) is 6.10 Å². The first-order valence-corrected chi connectivity index (χ1v) is 10.8. The van der Waals surface area contributed by atoms with Crippen molar-refractivity contribution in [3.8, 4) is 5.75 Å². The SMILES string of the molecule is CCOC(=O)[C@H](Cc1ccc(OC/C=C(/C)c2cc(C(F)(F)F)cc(C(F)(F)F)c2)cc1)OCC. The lowest BCUT2D eigenvalue weighted by atomic mass is 10.00. The summed E-state index contributed by atoms with van der Waals surface area (Å²) in [6, 6.07) is 8.16. The minimum Gasteiger partial charge on any atom is -0.490 e. The maximum atomic E-state index is 13.1. The normalized spacial score (nSPS) is 13.5. The zero-order valence-electron chi connectivity index (χ0n) is 19.4. The standard InChI is InChI=1S/C25H26F6O4/c1-4-33-22(23(32)34-5-2)12-17-6-8-21(9-7-17)35-11-10-16(3)18-13-19(24(26,27)28)15-20(14-18)25(29,30)31/h6-10,13-15,22H,4-5,11-12H2,1-3H3/b16-10-/t22-/m0/s1. The number of carbonyl (C=O) groups is 1. The van der Waals surface area contributed by atoms with Crippen LogP contribution < -0.4 is 4.74 Å². The zero-order valence-corrected chi connectivity index (χ0v) is 19.4.